The highest BCUT2D eigenvalue weighted by atomic mass is 16.6. The SMILES string of the molecule is CCCCOC(=O)n1c(N)cc(=O)n1-c1ccccc1. The lowest BCUT2D eigenvalue weighted by Gasteiger charge is -2.11. The summed E-state index contributed by atoms with van der Waals surface area (Å²) in [6.07, 6.45) is 1.03. The second kappa shape index (κ2) is 6.10. The van der Waals surface area contributed by atoms with E-state index in [0.717, 1.165) is 17.5 Å². The number of para-hydroxylation sites is 1. The fourth-order valence-corrected chi connectivity index (χ4v) is 1.83. The molecule has 1 aromatic heterocycles. The fraction of sp³-hybridized carbons (Fsp3) is 0.286. The number of rotatable bonds is 4. The number of ether oxygens (including phenoxy) is 1. The van der Waals surface area contributed by atoms with Crippen molar-refractivity contribution in [3.63, 3.8) is 0 Å². The van der Waals surface area contributed by atoms with Crippen LogP contribution in [0.5, 0.6) is 0 Å². The molecule has 0 saturated carbocycles. The lowest BCUT2D eigenvalue weighted by molar-refractivity contribution is 0.141. The van der Waals surface area contributed by atoms with Gasteiger partial charge in [-0.1, -0.05) is 31.5 Å². The number of aromatic nitrogens is 2. The molecule has 106 valence electrons. The Labute approximate surface area is 116 Å². The van der Waals surface area contributed by atoms with Crippen molar-refractivity contribution in [3.8, 4) is 5.69 Å². The van der Waals surface area contributed by atoms with Crippen molar-refractivity contribution in [2.24, 2.45) is 0 Å². The molecular weight excluding hydrogens is 258 g/mol. The van der Waals surface area contributed by atoms with Gasteiger partial charge < -0.3 is 10.5 Å². The Kier molecular flexibility index (Phi) is 4.24. The van der Waals surface area contributed by atoms with E-state index in [-0.39, 0.29) is 11.4 Å². The Hall–Kier alpha value is -2.50. The second-order valence-corrected chi connectivity index (χ2v) is 4.33. The van der Waals surface area contributed by atoms with Crippen molar-refractivity contribution in [2.75, 3.05) is 12.3 Å². The maximum atomic E-state index is 12.0. The summed E-state index contributed by atoms with van der Waals surface area (Å²) in [4.78, 5) is 24.0. The first kappa shape index (κ1) is 13.9. The zero-order valence-corrected chi connectivity index (χ0v) is 11.3. The van der Waals surface area contributed by atoms with Gasteiger partial charge in [0, 0.05) is 6.07 Å². The van der Waals surface area contributed by atoms with Crippen molar-refractivity contribution in [1.82, 2.24) is 9.36 Å². The zero-order valence-electron chi connectivity index (χ0n) is 11.3. The lowest BCUT2D eigenvalue weighted by Crippen LogP contribution is -2.28. The number of anilines is 1. The third-order valence-electron chi connectivity index (χ3n) is 2.82. The largest absolute Gasteiger partial charge is 0.448 e. The molecule has 0 radical (unpaired) electrons. The Bertz CT molecular complexity index is 643. The van der Waals surface area contributed by atoms with E-state index in [1.807, 2.05) is 13.0 Å². The Morgan fingerprint density at radius 1 is 1.30 bits per heavy atom. The molecule has 1 aromatic carbocycles. The van der Waals surface area contributed by atoms with Crippen molar-refractivity contribution < 1.29 is 9.53 Å². The van der Waals surface area contributed by atoms with Crippen LogP contribution in [0.2, 0.25) is 0 Å². The van der Waals surface area contributed by atoms with E-state index >= 15 is 0 Å². The van der Waals surface area contributed by atoms with Crippen LogP contribution in [0, 0.1) is 0 Å². The van der Waals surface area contributed by atoms with Gasteiger partial charge in [0.15, 0.2) is 0 Å². The molecule has 0 fully saturated rings. The Balaban J connectivity index is 2.38. The summed E-state index contributed by atoms with van der Waals surface area (Å²) in [6, 6.07) is 10.0. The van der Waals surface area contributed by atoms with E-state index in [1.54, 1.807) is 24.3 Å². The van der Waals surface area contributed by atoms with E-state index in [9.17, 15) is 9.59 Å². The van der Waals surface area contributed by atoms with Crippen LogP contribution in [-0.2, 0) is 4.74 Å². The van der Waals surface area contributed by atoms with Crippen LogP contribution in [0.25, 0.3) is 5.69 Å². The fourth-order valence-electron chi connectivity index (χ4n) is 1.83. The molecule has 0 spiro atoms. The van der Waals surface area contributed by atoms with Gasteiger partial charge in [-0.25, -0.2) is 9.48 Å². The average molecular weight is 275 g/mol. The summed E-state index contributed by atoms with van der Waals surface area (Å²) in [5.41, 5.74) is 5.91. The highest BCUT2D eigenvalue weighted by Crippen LogP contribution is 2.09. The molecule has 2 aromatic rings. The number of nitrogens with zero attached hydrogens (tertiary/aromatic N) is 2. The van der Waals surface area contributed by atoms with E-state index in [1.165, 1.54) is 10.7 Å². The summed E-state index contributed by atoms with van der Waals surface area (Å²) >= 11 is 0. The van der Waals surface area contributed by atoms with E-state index < -0.39 is 6.09 Å². The van der Waals surface area contributed by atoms with Gasteiger partial charge >= 0.3 is 6.09 Å². The summed E-state index contributed by atoms with van der Waals surface area (Å²) in [7, 11) is 0. The molecule has 6 nitrogen and oxygen atoms in total. The van der Waals surface area contributed by atoms with Gasteiger partial charge in [-0.2, -0.15) is 4.68 Å². The topological polar surface area (TPSA) is 79.2 Å². The molecule has 0 amide bonds. The van der Waals surface area contributed by atoms with Crippen LogP contribution >= 0.6 is 0 Å². The number of carbonyl (C=O) groups is 1. The Morgan fingerprint density at radius 2 is 2.00 bits per heavy atom. The zero-order chi connectivity index (χ0) is 14.5. The van der Waals surface area contributed by atoms with Gasteiger partial charge in [0.05, 0.1) is 12.3 Å². The first-order valence-corrected chi connectivity index (χ1v) is 6.48. The summed E-state index contributed by atoms with van der Waals surface area (Å²) < 4.78 is 7.36. The minimum atomic E-state index is -0.651. The molecule has 2 rings (SSSR count). The van der Waals surface area contributed by atoms with Crippen LogP contribution in [0.4, 0.5) is 10.6 Å². The van der Waals surface area contributed by atoms with Crippen molar-refractivity contribution in [3.05, 3.63) is 46.8 Å². The van der Waals surface area contributed by atoms with Crippen LogP contribution in [0.3, 0.4) is 0 Å². The average Bonchev–Trinajstić information content (AvgIpc) is 2.74. The quantitative estimate of drug-likeness (QED) is 0.866. The monoisotopic (exact) mass is 275 g/mol. The van der Waals surface area contributed by atoms with Gasteiger partial charge in [-0.3, -0.25) is 4.79 Å². The molecule has 0 atom stereocenters. The van der Waals surface area contributed by atoms with E-state index in [2.05, 4.69) is 0 Å². The van der Waals surface area contributed by atoms with Gasteiger partial charge in [0.25, 0.3) is 5.56 Å². The minimum Gasteiger partial charge on any atom is -0.448 e. The normalized spacial score (nSPS) is 10.4. The first-order chi connectivity index (χ1) is 9.65. The predicted octanol–water partition coefficient (Wildman–Crippen LogP) is 2.01. The summed E-state index contributed by atoms with van der Waals surface area (Å²) in [6.45, 7) is 2.30. The molecule has 0 saturated heterocycles. The summed E-state index contributed by atoms with van der Waals surface area (Å²) in [5, 5.41) is 0. The van der Waals surface area contributed by atoms with Gasteiger partial charge in [0.2, 0.25) is 0 Å². The minimum absolute atomic E-state index is 0.0559. The number of carbonyl (C=O) groups excluding carboxylic acids is 1. The van der Waals surface area contributed by atoms with Crippen molar-refractivity contribution in [1.29, 1.82) is 0 Å². The molecule has 0 bridgehead atoms. The highest BCUT2D eigenvalue weighted by Gasteiger charge is 2.17. The van der Waals surface area contributed by atoms with Crippen LogP contribution in [0.1, 0.15) is 19.8 Å². The number of nitrogen functional groups attached to an aromatic ring is 1. The van der Waals surface area contributed by atoms with Crippen molar-refractivity contribution in [2.45, 2.75) is 19.8 Å². The van der Waals surface area contributed by atoms with E-state index in [0.29, 0.717) is 12.3 Å². The smallest absolute Gasteiger partial charge is 0.435 e. The highest BCUT2D eigenvalue weighted by molar-refractivity contribution is 5.74. The Morgan fingerprint density at radius 3 is 2.65 bits per heavy atom. The van der Waals surface area contributed by atoms with Gasteiger partial charge in [-0.15, -0.1) is 0 Å². The maximum Gasteiger partial charge on any atom is 0.435 e. The molecule has 0 aliphatic carbocycles. The third-order valence-corrected chi connectivity index (χ3v) is 2.82. The molecule has 20 heavy (non-hydrogen) atoms. The molecular formula is C14H17N3O3. The molecule has 6 heteroatoms. The van der Waals surface area contributed by atoms with Crippen LogP contribution < -0.4 is 11.3 Å². The first-order valence-electron chi connectivity index (χ1n) is 6.48. The molecule has 0 aliphatic rings. The molecule has 0 unspecified atom stereocenters. The standard InChI is InChI=1S/C14H17N3O3/c1-2-3-9-20-14(19)17-12(15)10-13(18)16(17)11-7-5-4-6-8-11/h4-8,10H,2-3,9,15H2,1H3. The number of benzene rings is 1. The lowest BCUT2D eigenvalue weighted by atomic mass is 10.3. The second-order valence-electron chi connectivity index (χ2n) is 4.33. The van der Waals surface area contributed by atoms with E-state index in [4.69, 9.17) is 10.5 Å². The molecule has 1 heterocycles. The summed E-state index contributed by atoms with van der Waals surface area (Å²) in [5.74, 6) is 0.0559. The third kappa shape index (κ3) is 2.74. The predicted molar refractivity (Wildman–Crippen MR) is 76.1 cm³/mol. The van der Waals surface area contributed by atoms with Gasteiger partial charge in [-0.05, 0) is 18.6 Å². The van der Waals surface area contributed by atoms with Gasteiger partial charge in [0.1, 0.15) is 5.82 Å². The molecule has 0 aliphatic heterocycles. The number of unbranched alkanes of at least 4 members (excludes halogenated alkanes) is 1. The van der Waals surface area contributed by atoms with Crippen LogP contribution in [0.15, 0.2) is 41.2 Å². The number of hydrogen-bond acceptors (Lipinski definition) is 4. The van der Waals surface area contributed by atoms with Crippen molar-refractivity contribution >= 4 is 11.9 Å². The maximum absolute atomic E-state index is 12.0. The number of nitrogens with two attached hydrogens (primary N) is 1. The number of hydrogen-bond donors (Lipinski definition) is 1. The van der Waals surface area contributed by atoms with Crippen LogP contribution in [-0.4, -0.2) is 22.1 Å². The molecule has 2 N–H and O–H groups in total.